The Balaban J connectivity index is 1.26. The van der Waals surface area contributed by atoms with Crippen molar-refractivity contribution >= 4 is 46.9 Å². The molecule has 14 heteroatoms. The third kappa shape index (κ3) is 8.51. The number of Topliss-reactive ketones (excluding diaryl/α,β-unsaturated/α-hetero) is 1. The van der Waals surface area contributed by atoms with Crippen molar-refractivity contribution in [1.82, 2.24) is 10.6 Å². The van der Waals surface area contributed by atoms with Crippen LogP contribution in [-0.4, -0.2) is 69.9 Å². The molecule has 4 atom stereocenters. The third-order valence-corrected chi connectivity index (χ3v) is 9.05. The van der Waals surface area contributed by atoms with E-state index in [9.17, 15) is 43.0 Å². The van der Waals surface area contributed by atoms with Gasteiger partial charge in [-0.1, -0.05) is 42.5 Å². The zero-order valence-electron chi connectivity index (χ0n) is 26.2. The largest absolute Gasteiger partial charge is 0.484 e. The number of aliphatic hydroxyl groups is 1. The van der Waals surface area contributed by atoms with Gasteiger partial charge in [0.25, 0.3) is 5.91 Å². The second-order valence-corrected chi connectivity index (χ2v) is 12.3. The number of nitrogens with zero attached hydrogens (tertiary/aromatic N) is 1. The number of aliphatic carboxylic acids is 1. The van der Waals surface area contributed by atoms with E-state index in [0.717, 1.165) is 11.8 Å². The third-order valence-electron chi connectivity index (χ3n) is 7.80. The molecule has 0 saturated carbocycles. The summed E-state index contributed by atoms with van der Waals surface area (Å²) < 4.78 is 32.6. The molecule has 0 aromatic heterocycles. The number of halogens is 2. The zero-order chi connectivity index (χ0) is 35.8. The maximum atomic E-state index is 13.7. The van der Waals surface area contributed by atoms with Crippen molar-refractivity contribution in [1.29, 1.82) is 0 Å². The summed E-state index contributed by atoms with van der Waals surface area (Å²) in [5.74, 6) is -4.22. The predicted octanol–water partition coefficient (Wildman–Crippen LogP) is 3.84. The topological polar surface area (TPSA) is 162 Å². The number of ether oxygens (including phenoxy) is 1. The summed E-state index contributed by atoms with van der Waals surface area (Å²) in [6.45, 7) is -1.36. The molecule has 1 aliphatic rings. The second-order valence-electron chi connectivity index (χ2n) is 11.1. The molecule has 1 aliphatic heterocycles. The van der Waals surface area contributed by atoms with Gasteiger partial charge in [-0.2, -0.15) is 0 Å². The minimum atomic E-state index is -1.57. The highest BCUT2D eigenvalue weighted by atomic mass is 32.2. The zero-order valence-corrected chi connectivity index (χ0v) is 27.0. The molecule has 4 aromatic rings. The quantitative estimate of drug-likeness (QED) is 0.107. The number of rotatable bonds is 15. The van der Waals surface area contributed by atoms with E-state index in [-0.39, 0.29) is 23.2 Å². The molecule has 0 radical (unpaired) electrons. The van der Waals surface area contributed by atoms with Crippen LogP contribution in [0, 0.1) is 11.6 Å². The molecule has 11 nitrogen and oxygen atoms in total. The summed E-state index contributed by atoms with van der Waals surface area (Å²) in [6, 6.07) is 21.9. The number of carbonyl (C=O) groups excluding carboxylic acids is 4. The summed E-state index contributed by atoms with van der Waals surface area (Å²) in [5, 5.41) is 22.6. The first kappa shape index (κ1) is 35.7. The fraction of sp³-hybridized carbons (Fsp3) is 0.194. The highest BCUT2D eigenvalue weighted by Gasteiger charge is 2.49. The van der Waals surface area contributed by atoms with Crippen molar-refractivity contribution in [2.45, 2.75) is 23.4 Å². The van der Waals surface area contributed by atoms with Crippen molar-refractivity contribution in [2.75, 3.05) is 23.9 Å². The summed E-state index contributed by atoms with van der Waals surface area (Å²) in [7, 11) is 0. The number of carboxylic acids is 1. The number of hydrogen-bond donors (Lipinski definition) is 4. The van der Waals surface area contributed by atoms with Crippen molar-refractivity contribution in [3.8, 4) is 5.75 Å². The standard InChI is InChI=1S/C36H31F2N3O8S/c37-24-10-6-21(7-11-24)29(43)20-50-33-32(41(35(33)46)26-14-12-25(38)13-15-26)23-8-16-27(17-9-23)49-19-30(44)40-31(22-4-2-1-3-5-22)34(45)39-28(18-42)36(47)48/h1-17,28,31-33,42H,18-20H2,(H,39,45)(H,40,44)(H,47,48)/t28-,31+,32?,33?/m0/s1. The van der Waals surface area contributed by atoms with Crippen LogP contribution in [0.15, 0.2) is 103 Å². The van der Waals surface area contributed by atoms with Gasteiger partial charge in [0.1, 0.15) is 34.7 Å². The van der Waals surface area contributed by atoms with Crippen molar-refractivity contribution in [3.63, 3.8) is 0 Å². The summed E-state index contributed by atoms with van der Waals surface area (Å²) in [4.78, 5) is 64.7. The van der Waals surface area contributed by atoms with E-state index < -0.39 is 66.0 Å². The van der Waals surface area contributed by atoms with Gasteiger partial charge in [-0.3, -0.25) is 19.2 Å². The molecule has 1 heterocycles. The molecule has 0 aliphatic carbocycles. The number of benzene rings is 4. The first-order chi connectivity index (χ1) is 24.0. The van der Waals surface area contributed by atoms with Crippen molar-refractivity contribution in [2.24, 2.45) is 0 Å². The molecule has 1 saturated heterocycles. The average molecular weight is 704 g/mol. The molecule has 2 unspecified atom stereocenters. The number of anilines is 1. The number of aliphatic hydroxyl groups excluding tert-OH is 1. The molecular formula is C36H31F2N3O8S. The van der Waals surface area contributed by atoms with E-state index in [0.29, 0.717) is 22.4 Å². The first-order valence-electron chi connectivity index (χ1n) is 15.3. The molecule has 5 rings (SSSR count). The Morgan fingerprint density at radius 3 is 2.06 bits per heavy atom. The summed E-state index contributed by atoms with van der Waals surface area (Å²) >= 11 is 1.14. The molecule has 3 amide bonds. The van der Waals surface area contributed by atoms with Gasteiger partial charge in [0.15, 0.2) is 12.4 Å². The molecule has 4 aromatic carbocycles. The van der Waals surface area contributed by atoms with E-state index in [4.69, 9.17) is 4.74 Å². The molecule has 1 fully saturated rings. The number of thioether (sulfide) groups is 1. The smallest absolute Gasteiger partial charge is 0.328 e. The van der Waals surface area contributed by atoms with Gasteiger partial charge >= 0.3 is 5.97 Å². The fourth-order valence-electron chi connectivity index (χ4n) is 5.22. The molecule has 258 valence electrons. The Morgan fingerprint density at radius 1 is 0.840 bits per heavy atom. The van der Waals surface area contributed by atoms with Gasteiger partial charge in [-0.25, -0.2) is 13.6 Å². The van der Waals surface area contributed by atoms with Gasteiger partial charge in [0, 0.05) is 11.3 Å². The summed E-state index contributed by atoms with van der Waals surface area (Å²) in [5.41, 5.74) is 1.83. The molecule has 0 spiro atoms. The van der Waals surface area contributed by atoms with Crippen LogP contribution in [0.4, 0.5) is 14.5 Å². The van der Waals surface area contributed by atoms with E-state index in [1.165, 1.54) is 53.4 Å². The van der Waals surface area contributed by atoms with Crippen LogP contribution in [0.3, 0.4) is 0 Å². The highest BCUT2D eigenvalue weighted by molar-refractivity contribution is 8.01. The minimum absolute atomic E-state index is 0.0366. The number of ketones is 1. The Bertz CT molecular complexity index is 1840. The SMILES string of the molecule is O=C(COc1ccc(C2C(SCC(=O)c3ccc(F)cc3)C(=O)N2c2ccc(F)cc2)cc1)N[C@@H](C(=O)N[C@@H](CO)C(=O)O)c1ccccc1. The second kappa shape index (κ2) is 16.2. The predicted molar refractivity (Wildman–Crippen MR) is 180 cm³/mol. The first-order valence-corrected chi connectivity index (χ1v) is 16.3. The van der Waals surface area contributed by atoms with Gasteiger partial charge < -0.3 is 30.5 Å². The normalized spacial score (nSPS) is 16.5. The number of carboxylic acid groups (broad SMARTS) is 1. The lowest BCUT2D eigenvalue weighted by atomic mass is 9.92. The summed E-state index contributed by atoms with van der Waals surface area (Å²) in [6.07, 6.45) is 0. The van der Waals surface area contributed by atoms with Gasteiger partial charge in [0.2, 0.25) is 11.8 Å². The number of β-lactam (4-membered cyclic amide) rings is 1. The van der Waals surface area contributed by atoms with E-state index in [2.05, 4.69) is 10.6 Å². The Labute approximate surface area is 289 Å². The van der Waals surface area contributed by atoms with Crippen LogP contribution in [0.25, 0.3) is 0 Å². The number of hydrogen-bond acceptors (Lipinski definition) is 8. The Morgan fingerprint density at radius 2 is 1.46 bits per heavy atom. The van der Waals surface area contributed by atoms with Gasteiger partial charge in [0.05, 0.1) is 18.4 Å². The lowest BCUT2D eigenvalue weighted by Gasteiger charge is -2.47. The Hall–Kier alpha value is -5.60. The van der Waals surface area contributed by atoms with Crippen LogP contribution >= 0.6 is 11.8 Å². The fourth-order valence-corrected chi connectivity index (χ4v) is 6.44. The van der Waals surface area contributed by atoms with Gasteiger partial charge in [-0.15, -0.1) is 11.8 Å². The van der Waals surface area contributed by atoms with E-state index in [1.54, 1.807) is 54.6 Å². The highest BCUT2D eigenvalue weighted by Crippen LogP contribution is 2.45. The van der Waals surface area contributed by atoms with E-state index in [1.807, 2.05) is 0 Å². The van der Waals surface area contributed by atoms with Crippen molar-refractivity contribution in [3.05, 3.63) is 131 Å². The molecule has 50 heavy (non-hydrogen) atoms. The van der Waals surface area contributed by atoms with Crippen LogP contribution in [0.2, 0.25) is 0 Å². The molecular weight excluding hydrogens is 672 g/mol. The lowest BCUT2D eigenvalue weighted by molar-refractivity contribution is -0.143. The van der Waals surface area contributed by atoms with Crippen LogP contribution < -0.4 is 20.3 Å². The van der Waals surface area contributed by atoms with Crippen LogP contribution in [0.1, 0.15) is 33.6 Å². The lowest BCUT2D eigenvalue weighted by Crippen LogP contribution is -2.57. The molecule has 0 bridgehead atoms. The number of carbonyl (C=O) groups is 5. The minimum Gasteiger partial charge on any atom is -0.484 e. The number of amides is 3. The maximum absolute atomic E-state index is 13.7. The number of nitrogens with one attached hydrogen (secondary N) is 2. The monoisotopic (exact) mass is 703 g/mol. The average Bonchev–Trinajstić information content (AvgIpc) is 3.12. The van der Waals surface area contributed by atoms with E-state index >= 15 is 0 Å². The molecule has 4 N–H and O–H groups in total. The Kier molecular flexibility index (Phi) is 11.6. The van der Waals surface area contributed by atoms with Crippen LogP contribution in [0.5, 0.6) is 5.75 Å². The van der Waals surface area contributed by atoms with Gasteiger partial charge in [-0.05, 0) is 71.8 Å². The van der Waals surface area contributed by atoms with Crippen LogP contribution in [-0.2, 0) is 19.2 Å². The maximum Gasteiger partial charge on any atom is 0.328 e. The van der Waals surface area contributed by atoms with Crippen molar-refractivity contribution < 1.29 is 47.7 Å².